The lowest BCUT2D eigenvalue weighted by molar-refractivity contribution is 0.182. The van der Waals surface area contributed by atoms with E-state index in [2.05, 4.69) is 15.4 Å². The van der Waals surface area contributed by atoms with Gasteiger partial charge in [-0.2, -0.15) is 5.10 Å². The molecule has 2 rings (SSSR count). The van der Waals surface area contributed by atoms with Gasteiger partial charge in [-0.15, -0.1) is 11.3 Å². The van der Waals surface area contributed by atoms with Crippen LogP contribution in [0.4, 0.5) is 5.69 Å². The minimum absolute atomic E-state index is 0.128. The molecule has 6 nitrogen and oxygen atoms in total. The zero-order valence-corrected chi connectivity index (χ0v) is 12.8. The van der Waals surface area contributed by atoms with E-state index in [0.717, 1.165) is 10.7 Å². The number of aryl methyl sites for hydroxylation is 1. The van der Waals surface area contributed by atoms with E-state index >= 15 is 0 Å². The molecule has 0 fully saturated rings. The average Bonchev–Trinajstić information content (AvgIpc) is 2.85. The van der Waals surface area contributed by atoms with Crippen LogP contribution in [0.15, 0.2) is 16.4 Å². The second-order valence-electron chi connectivity index (χ2n) is 4.10. The van der Waals surface area contributed by atoms with Crippen LogP contribution in [0.5, 0.6) is 0 Å². The van der Waals surface area contributed by atoms with Crippen molar-refractivity contribution in [3.8, 4) is 0 Å². The number of hydrogen-bond donors (Lipinski definition) is 1. The summed E-state index contributed by atoms with van der Waals surface area (Å²) in [7, 11) is 1.57. The second-order valence-corrected chi connectivity index (χ2v) is 5.54. The smallest absolute Gasteiger partial charge is 0.287 e. The van der Waals surface area contributed by atoms with E-state index in [1.165, 1.54) is 4.68 Å². The fourth-order valence-corrected chi connectivity index (χ4v) is 2.43. The number of thiazole rings is 1. The van der Waals surface area contributed by atoms with Crippen molar-refractivity contribution in [1.29, 1.82) is 0 Å². The molecular weight excluding hydrogens is 300 g/mol. The topological polar surface area (TPSA) is 69.0 Å². The molecule has 0 saturated carbocycles. The van der Waals surface area contributed by atoms with E-state index in [9.17, 15) is 4.79 Å². The molecule has 0 spiro atoms. The van der Waals surface area contributed by atoms with Crippen LogP contribution in [0.1, 0.15) is 10.7 Å². The maximum Gasteiger partial charge on any atom is 0.287 e. The first-order valence-corrected chi connectivity index (χ1v) is 7.27. The standard InChI is InChI=1S/C12H15ClN4O2S/c1-8-16-9(7-20-8)5-14-10-6-15-17(3-4-19-2)12(18)11(10)13/h6-7,14H,3-5H2,1-2H3. The Morgan fingerprint density at radius 1 is 1.55 bits per heavy atom. The third-order valence-corrected chi connectivity index (χ3v) is 3.81. The van der Waals surface area contributed by atoms with Crippen molar-refractivity contribution in [2.45, 2.75) is 20.0 Å². The summed E-state index contributed by atoms with van der Waals surface area (Å²) in [6.45, 7) is 3.24. The van der Waals surface area contributed by atoms with Gasteiger partial charge >= 0.3 is 0 Å². The summed E-state index contributed by atoms with van der Waals surface area (Å²) in [5.74, 6) is 0. The first kappa shape index (κ1) is 15.0. The number of halogens is 1. The van der Waals surface area contributed by atoms with E-state index in [0.29, 0.717) is 25.4 Å². The lowest BCUT2D eigenvalue weighted by Gasteiger charge is -2.09. The van der Waals surface area contributed by atoms with Gasteiger partial charge in [-0.05, 0) is 6.92 Å². The summed E-state index contributed by atoms with van der Waals surface area (Å²) in [4.78, 5) is 16.3. The van der Waals surface area contributed by atoms with Gasteiger partial charge in [0.15, 0.2) is 0 Å². The number of methoxy groups -OCH3 is 1. The van der Waals surface area contributed by atoms with Crippen molar-refractivity contribution in [3.63, 3.8) is 0 Å². The number of nitrogens with zero attached hydrogens (tertiary/aromatic N) is 3. The molecule has 0 saturated heterocycles. The van der Waals surface area contributed by atoms with E-state index in [1.54, 1.807) is 24.6 Å². The fourth-order valence-electron chi connectivity index (χ4n) is 1.60. The molecule has 0 unspecified atom stereocenters. The van der Waals surface area contributed by atoms with Crippen molar-refractivity contribution < 1.29 is 4.74 Å². The van der Waals surface area contributed by atoms with Gasteiger partial charge < -0.3 is 10.1 Å². The minimum atomic E-state index is -0.330. The van der Waals surface area contributed by atoms with Crippen molar-refractivity contribution in [2.24, 2.45) is 0 Å². The molecule has 0 radical (unpaired) electrons. The quantitative estimate of drug-likeness (QED) is 0.882. The van der Waals surface area contributed by atoms with E-state index in [-0.39, 0.29) is 10.6 Å². The zero-order valence-electron chi connectivity index (χ0n) is 11.2. The first-order valence-electron chi connectivity index (χ1n) is 6.01. The zero-order chi connectivity index (χ0) is 14.5. The molecule has 2 aromatic rings. The summed E-state index contributed by atoms with van der Waals surface area (Å²) in [5.41, 5.74) is 1.09. The Kier molecular flexibility index (Phi) is 5.11. The number of hydrogen-bond acceptors (Lipinski definition) is 6. The molecule has 0 aliphatic heterocycles. The van der Waals surface area contributed by atoms with Crippen molar-refractivity contribution >= 4 is 28.6 Å². The van der Waals surface area contributed by atoms with E-state index in [4.69, 9.17) is 16.3 Å². The minimum Gasteiger partial charge on any atom is -0.383 e. The normalized spacial score (nSPS) is 10.8. The number of aromatic nitrogens is 3. The molecule has 2 aromatic heterocycles. The predicted octanol–water partition coefficient (Wildman–Crippen LogP) is 1.92. The summed E-state index contributed by atoms with van der Waals surface area (Å²) < 4.78 is 6.19. The summed E-state index contributed by atoms with van der Waals surface area (Å²) in [6.07, 6.45) is 1.54. The Hall–Kier alpha value is -1.44. The van der Waals surface area contributed by atoms with Crippen LogP contribution in [0, 0.1) is 6.92 Å². The fraction of sp³-hybridized carbons (Fsp3) is 0.417. The Balaban J connectivity index is 2.09. The molecule has 2 heterocycles. The number of ether oxygens (including phenoxy) is 1. The van der Waals surface area contributed by atoms with Crippen LogP contribution in [0.2, 0.25) is 5.02 Å². The molecular formula is C12H15ClN4O2S. The molecule has 20 heavy (non-hydrogen) atoms. The van der Waals surface area contributed by atoms with Crippen LogP contribution in [-0.2, 0) is 17.8 Å². The maximum absolute atomic E-state index is 12.0. The van der Waals surface area contributed by atoms with E-state index < -0.39 is 0 Å². The SMILES string of the molecule is COCCn1ncc(NCc2csc(C)n2)c(Cl)c1=O. The Morgan fingerprint density at radius 2 is 2.35 bits per heavy atom. The van der Waals surface area contributed by atoms with Gasteiger partial charge in [0.25, 0.3) is 5.56 Å². The Labute approximate surface area is 125 Å². The van der Waals surface area contributed by atoms with Gasteiger partial charge in [-0.3, -0.25) is 4.79 Å². The maximum atomic E-state index is 12.0. The number of rotatable bonds is 6. The van der Waals surface area contributed by atoms with Gasteiger partial charge in [0.05, 0.1) is 42.3 Å². The molecule has 0 amide bonds. The first-order chi connectivity index (χ1) is 9.61. The van der Waals surface area contributed by atoms with Gasteiger partial charge in [0.2, 0.25) is 0 Å². The predicted molar refractivity (Wildman–Crippen MR) is 79.6 cm³/mol. The third kappa shape index (κ3) is 3.56. The molecule has 0 aliphatic carbocycles. The monoisotopic (exact) mass is 314 g/mol. The number of anilines is 1. The largest absolute Gasteiger partial charge is 0.383 e. The van der Waals surface area contributed by atoms with Crippen molar-refractivity contribution in [1.82, 2.24) is 14.8 Å². The Bertz CT molecular complexity index is 641. The molecule has 1 N–H and O–H groups in total. The third-order valence-electron chi connectivity index (χ3n) is 2.62. The summed E-state index contributed by atoms with van der Waals surface area (Å²) >= 11 is 7.63. The Morgan fingerprint density at radius 3 is 3.00 bits per heavy atom. The molecule has 0 aliphatic rings. The van der Waals surface area contributed by atoms with Crippen LogP contribution >= 0.6 is 22.9 Å². The molecule has 0 aromatic carbocycles. The average molecular weight is 315 g/mol. The highest BCUT2D eigenvalue weighted by molar-refractivity contribution is 7.09. The molecule has 8 heteroatoms. The van der Waals surface area contributed by atoms with Gasteiger partial charge in [-0.25, -0.2) is 9.67 Å². The summed E-state index contributed by atoms with van der Waals surface area (Å²) in [5, 5.41) is 10.2. The van der Waals surface area contributed by atoms with E-state index in [1.807, 2.05) is 12.3 Å². The molecule has 0 atom stereocenters. The van der Waals surface area contributed by atoms with Crippen molar-refractivity contribution in [3.05, 3.63) is 37.7 Å². The van der Waals surface area contributed by atoms with Crippen LogP contribution < -0.4 is 10.9 Å². The molecule has 108 valence electrons. The van der Waals surface area contributed by atoms with Crippen LogP contribution in [0.3, 0.4) is 0 Å². The van der Waals surface area contributed by atoms with Crippen molar-refractivity contribution in [2.75, 3.05) is 19.0 Å². The highest BCUT2D eigenvalue weighted by atomic mass is 35.5. The van der Waals surface area contributed by atoms with Gasteiger partial charge in [0, 0.05) is 12.5 Å². The highest BCUT2D eigenvalue weighted by Gasteiger charge is 2.09. The highest BCUT2D eigenvalue weighted by Crippen LogP contribution is 2.17. The van der Waals surface area contributed by atoms with Gasteiger partial charge in [-0.1, -0.05) is 11.6 Å². The second kappa shape index (κ2) is 6.83. The molecule has 0 bridgehead atoms. The lowest BCUT2D eigenvalue weighted by Crippen LogP contribution is -2.26. The number of nitrogens with one attached hydrogen (secondary N) is 1. The van der Waals surface area contributed by atoms with Crippen LogP contribution in [0.25, 0.3) is 0 Å². The van der Waals surface area contributed by atoms with Crippen LogP contribution in [-0.4, -0.2) is 28.5 Å². The summed E-state index contributed by atoms with van der Waals surface area (Å²) in [6, 6.07) is 0. The van der Waals surface area contributed by atoms with Gasteiger partial charge in [0.1, 0.15) is 5.02 Å². The lowest BCUT2D eigenvalue weighted by atomic mass is 10.4.